The summed E-state index contributed by atoms with van der Waals surface area (Å²) in [6.07, 6.45) is 3.79. The van der Waals surface area contributed by atoms with Crippen LogP contribution in [-0.4, -0.2) is 9.97 Å². The minimum atomic E-state index is 0.934. The summed E-state index contributed by atoms with van der Waals surface area (Å²) in [6, 6.07) is 36.5. The minimum Gasteiger partial charge on any atom is -0.256 e. The summed E-state index contributed by atoms with van der Waals surface area (Å²) in [5.74, 6) is 0. The topological polar surface area (TPSA) is 25.8 Å². The Morgan fingerprint density at radius 3 is 2.00 bits per heavy atom. The van der Waals surface area contributed by atoms with Crippen LogP contribution in [0.2, 0.25) is 0 Å². The number of hydrogen-bond donors (Lipinski definition) is 0. The molecule has 0 saturated carbocycles. The molecule has 34 heavy (non-hydrogen) atoms. The van der Waals surface area contributed by atoms with Crippen LogP contribution in [0.4, 0.5) is 0 Å². The van der Waals surface area contributed by atoms with Gasteiger partial charge in [-0.05, 0) is 63.9 Å². The predicted molar refractivity (Wildman–Crippen MR) is 153 cm³/mol. The molecule has 0 amide bonds. The first-order valence-electron chi connectivity index (χ1n) is 11.0. The second-order valence-corrected chi connectivity index (χ2v) is 10.1. The Morgan fingerprint density at radius 1 is 0.559 bits per heavy atom. The molecule has 6 aromatic rings. The van der Waals surface area contributed by atoms with E-state index in [4.69, 9.17) is 4.98 Å². The number of nitrogens with zero attached hydrogens (tertiary/aromatic N) is 2. The van der Waals surface area contributed by atoms with Crippen molar-refractivity contribution < 1.29 is 0 Å². The van der Waals surface area contributed by atoms with Gasteiger partial charge in [-0.25, -0.2) is 0 Å². The lowest BCUT2D eigenvalue weighted by Gasteiger charge is -2.09. The molecule has 0 saturated heterocycles. The standard InChI is InChI=1S/C30H19IN2S/c31-34-27-13-10-20(11-14-27)23-8-6-21-7-9-24(18-26(21)17-23)25-12-15-29(33-19-25)28-5-1-3-22-4-2-16-32-30(22)28/h1-19H. The van der Waals surface area contributed by atoms with Crippen molar-refractivity contribution in [2.75, 3.05) is 0 Å². The molecule has 0 aliphatic heterocycles. The number of fused-ring (bicyclic) bond motifs is 2. The molecule has 0 spiro atoms. The summed E-state index contributed by atoms with van der Waals surface area (Å²) in [6.45, 7) is 0. The van der Waals surface area contributed by atoms with Crippen LogP contribution in [0, 0.1) is 0 Å². The number of rotatable bonds is 4. The molecular weight excluding hydrogens is 547 g/mol. The highest BCUT2D eigenvalue weighted by atomic mass is 127. The van der Waals surface area contributed by atoms with Gasteiger partial charge >= 0.3 is 0 Å². The molecule has 0 radical (unpaired) electrons. The molecule has 4 aromatic carbocycles. The van der Waals surface area contributed by atoms with E-state index in [0.717, 1.165) is 33.3 Å². The Kier molecular flexibility index (Phi) is 5.77. The third-order valence-electron chi connectivity index (χ3n) is 6.12. The molecule has 6 rings (SSSR count). The van der Waals surface area contributed by atoms with E-state index in [1.165, 1.54) is 26.8 Å². The van der Waals surface area contributed by atoms with Gasteiger partial charge in [-0.1, -0.05) is 75.7 Å². The van der Waals surface area contributed by atoms with Gasteiger partial charge in [0, 0.05) is 55.0 Å². The van der Waals surface area contributed by atoms with Crippen molar-refractivity contribution in [3.05, 3.63) is 116 Å². The van der Waals surface area contributed by atoms with Crippen LogP contribution >= 0.6 is 30.1 Å². The minimum absolute atomic E-state index is 0.934. The zero-order valence-electron chi connectivity index (χ0n) is 18.2. The number of halogens is 1. The van der Waals surface area contributed by atoms with E-state index in [0.29, 0.717) is 0 Å². The van der Waals surface area contributed by atoms with Crippen molar-refractivity contribution in [1.29, 1.82) is 0 Å². The molecule has 2 heterocycles. The summed E-state index contributed by atoms with van der Waals surface area (Å²) in [7, 11) is 1.74. The maximum Gasteiger partial charge on any atom is 0.0795 e. The number of para-hydroxylation sites is 1. The fourth-order valence-corrected chi connectivity index (χ4v) is 5.46. The molecule has 0 N–H and O–H groups in total. The molecule has 0 aliphatic carbocycles. The van der Waals surface area contributed by atoms with Gasteiger partial charge in [0.05, 0.1) is 11.2 Å². The first-order valence-corrected chi connectivity index (χ1v) is 14.4. The third-order valence-corrected chi connectivity index (χ3v) is 8.10. The van der Waals surface area contributed by atoms with Gasteiger partial charge in [0.2, 0.25) is 0 Å². The van der Waals surface area contributed by atoms with Crippen LogP contribution in [0.15, 0.2) is 120 Å². The second kappa shape index (κ2) is 9.20. The molecule has 0 fully saturated rings. The first-order chi connectivity index (χ1) is 16.8. The van der Waals surface area contributed by atoms with Crippen LogP contribution < -0.4 is 0 Å². The van der Waals surface area contributed by atoms with E-state index in [9.17, 15) is 0 Å². The van der Waals surface area contributed by atoms with Crippen LogP contribution in [0.1, 0.15) is 0 Å². The van der Waals surface area contributed by atoms with Crippen LogP contribution in [0.3, 0.4) is 0 Å². The Balaban J connectivity index is 1.35. The normalized spacial score (nSPS) is 11.2. The van der Waals surface area contributed by atoms with E-state index in [-0.39, 0.29) is 0 Å². The van der Waals surface area contributed by atoms with Crippen LogP contribution in [-0.2, 0) is 0 Å². The largest absolute Gasteiger partial charge is 0.256 e. The monoisotopic (exact) mass is 566 g/mol. The van der Waals surface area contributed by atoms with Gasteiger partial charge in [0.15, 0.2) is 0 Å². The summed E-state index contributed by atoms with van der Waals surface area (Å²) in [5.41, 5.74) is 7.70. The van der Waals surface area contributed by atoms with Crippen molar-refractivity contribution in [3.8, 4) is 33.5 Å². The summed E-state index contributed by atoms with van der Waals surface area (Å²) < 4.78 is 0. The summed E-state index contributed by atoms with van der Waals surface area (Å²) in [5, 5.41) is 3.59. The number of hydrogen-bond acceptors (Lipinski definition) is 3. The lowest BCUT2D eigenvalue weighted by atomic mass is 9.98. The molecular formula is C30H19IN2S. The molecule has 2 aromatic heterocycles. The van der Waals surface area contributed by atoms with Gasteiger partial charge < -0.3 is 0 Å². The Morgan fingerprint density at radius 2 is 1.26 bits per heavy atom. The summed E-state index contributed by atoms with van der Waals surface area (Å²) in [4.78, 5) is 10.6. The lowest BCUT2D eigenvalue weighted by molar-refractivity contribution is 1.32. The van der Waals surface area contributed by atoms with Crippen LogP contribution in [0.5, 0.6) is 0 Å². The predicted octanol–water partition coefficient (Wildman–Crippen LogP) is 9.23. The number of pyridine rings is 2. The fourth-order valence-electron chi connectivity index (χ4n) is 4.34. The van der Waals surface area contributed by atoms with E-state index >= 15 is 0 Å². The fraction of sp³-hybridized carbons (Fsp3) is 0. The molecule has 0 aliphatic rings. The van der Waals surface area contributed by atoms with E-state index in [1.54, 1.807) is 8.93 Å². The Hall–Kier alpha value is -3.22. The third kappa shape index (κ3) is 4.08. The van der Waals surface area contributed by atoms with Crippen LogP contribution in [0.25, 0.3) is 55.2 Å². The van der Waals surface area contributed by atoms with E-state index in [1.807, 2.05) is 18.5 Å². The molecule has 0 atom stereocenters. The van der Waals surface area contributed by atoms with Gasteiger partial charge in [0.1, 0.15) is 0 Å². The smallest absolute Gasteiger partial charge is 0.0795 e. The zero-order valence-corrected chi connectivity index (χ0v) is 21.1. The molecule has 0 bridgehead atoms. The Bertz CT molecular complexity index is 1620. The molecule has 2 nitrogen and oxygen atoms in total. The van der Waals surface area contributed by atoms with Crippen molar-refractivity contribution in [3.63, 3.8) is 0 Å². The van der Waals surface area contributed by atoms with Gasteiger partial charge in [-0.2, -0.15) is 0 Å². The maximum atomic E-state index is 4.79. The molecule has 0 unspecified atom stereocenters. The average Bonchev–Trinajstić information content (AvgIpc) is 2.92. The van der Waals surface area contributed by atoms with Crippen molar-refractivity contribution in [1.82, 2.24) is 9.97 Å². The molecule has 4 heteroatoms. The second-order valence-electron chi connectivity index (χ2n) is 8.19. The Labute approximate surface area is 214 Å². The first kappa shape index (κ1) is 21.3. The highest BCUT2D eigenvalue weighted by Crippen LogP contribution is 2.32. The quantitative estimate of drug-likeness (QED) is 0.199. The van der Waals surface area contributed by atoms with Crippen molar-refractivity contribution >= 4 is 51.8 Å². The SMILES string of the molecule is ISc1ccc(-c2ccc3ccc(-c4ccc(-c5cccc6cccnc56)nc4)cc3c2)cc1. The zero-order chi connectivity index (χ0) is 22.9. The lowest BCUT2D eigenvalue weighted by Crippen LogP contribution is -1.88. The molecule has 162 valence electrons. The van der Waals surface area contributed by atoms with Crippen molar-refractivity contribution in [2.24, 2.45) is 0 Å². The maximum absolute atomic E-state index is 4.79. The van der Waals surface area contributed by atoms with Gasteiger partial charge in [-0.15, -0.1) is 0 Å². The number of benzene rings is 4. The van der Waals surface area contributed by atoms with Gasteiger partial charge in [-0.3, -0.25) is 9.97 Å². The highest BCUT2D eigenvalue weighted by Gasteiger charge is 2.08. The average molecular weight is 566 g/mol. The summed E-state index contributed by atoms with van der Waals surface area (Å²) >= 11 is 2.32. The number of aromatic nitrogens is 2. The van der Waals surface area contributed by atoms with Gasteiger partial charge in [0.25, 0.3) is 0 Å². The van der Waals surface area contributed by atoms with Crippen molar-refractivity contribution in [2.45, 2.75) is 4.90 Å². The van der Waals surface area contributed by atoms with E-state index < -0.39 is 0 Å². The van der Waals surface area contributed by atoms with E-state index in [2.05, 4.69) is 123 Å². The highest BCUT2D eigenvalue weighted by molar-refractivity contribution is 14.2.